The molecule has 0 bridgehead atoms. The first-order valence-corrected chi connectivity index (χ1v) is 10.4. The van der Waals surface area contributed by atoms with E-state index in [-0.39, 0.29) is 16.1 Å². The Labute approximate surface area is 171 Å². The zero-order valence-electron chi connectivity index (χ0n) is 15.7. The van der Waals surface area contributed by atoms with Crippen LogP contribution in [0.3, 0.4) is 0 Å². The van der Waals surface area contributed by atoms with Crippen LogP contribution in [0.15, 0.2) is 76.0 Å². The van der Waals surface area contributed by atoms with Crippen LogP contribution < -0.4 is 10.0 Å². The van der Waals surface area contributed by atoms with Gasteiger partial charge in [-0.1, -0.05) is 18.2 Å². The van der Waals surface area contributed by atoms with Gasteiger partial charge < -0.3 is 9.73 Å². The van der Waals surface area contributed by atoms with Gasteiger partial charge >= 0.3 is 0 Å². The van der Waals surface area contributed by atoms with Crippen LogP contribution in [0.25, 0.3) is 11.1 Å². The van der Waals surface area contributed by atoms with Gasteiger partial charge in [0.15, 0.2) is 11.5 Å². The van der Waals surface area contributed by atoms with E-state index in [1.54, 1.807) is 25.1 Å². The molecule has 0 aliphatic rings. The second-order valence-corrected chi connectivity index (χ2v) is 8.17. The van der Waals surface area contributed by atoms with Crippen molar-refractivity contribution in [1.82, 2.24) is 4.98 Å². The highest BCUT2D eigenvalue weighted by Crippen LogP contribution is 2.22. The molecule has 1 aromatic heterocycles. The van der Waals surface area contributed by atoms with Gasteiger partial charge in [-0.2, -0.15) is 0 Å². The van der Waals surface area contributed by atoms with Crippen molar-refractivity contribution < 1.29 is 22.0 Å². The maximum Gasteiger partial charge on any atom is 0.262 e. The van der Waals surface area contributed by atoms with E-state index < -0.39 is 21.7 Å². The molecule has 0 aliphatic heterocycles. The van der Waals surface area contributed by atoms with E-state index >= 15 is 0 Å². The number of oxazole rings is 1. The van der Waals surface area contributed by atoms with Crippen molar-refractivity contribution in [1.29, 1.82) is 0 Å². The molecule has 3 aromatic carbocycles. The van der Waals surface area contributed by atoms with E-state index in [1.165, 1.54) is 42.5 Å². The molecule has 0 saturated carbocycles. The number of nitrogens with one attached hydrogen (secondary N) is 2. The largest absolute Gasteiger partial charge is 0.441 e. The highest BCUT2D eigenvalue weighted by molar-refractivity contribution is 7.92. The molecule has 0 aliphatic carbocycles. The van der Waals surface area contributed by atoms with Crippen molar-refractivity contribution >= 4 is 38.4 Å². The number of halogens is 1. The molecule has 7 nitrogen and oxygen atoms in total. The predicted molar refractivity (Wildman–Crippen MR) is 110 cm³/mol. The van der Waals surface area contributed by atoms with Crippen molar-refractivity contribution in [3.8, 4) is 0 Å². The van der Waals surface area contributed by atoms with Crippen LogP contribution in [0, 0.1) is 12.7 Å². The van der Waals surface area contributed by atoms with Crippen LogP contribution in [-0.2, 0) is 10.0 Å². The molecule has 2 N–H and O–H groups in total. The molecule has 1 amide bonds. The number of hydrogen-bond acceptors (Lipinski definition) is 5. The lowest BCUT2D eigenvalue weighted by Gasteiger charge is -2.10. The number of rotatable bonds is 5. The lowest BCUT2D eigenvalue weighted by atomic mass is 10.2. The fourth-order valence-corrected chi connectivity index (χ4v) is 3.99. The van der Waals surface area contributed by atoms with Crippen LogP contribution in [0.2, 0.25) is 0 Å². The first-order valence-electron chi connectivity index (χ1n) is 8.88. The normalized spacial score (nSPS) is 11.4. The molecule has 0 spiro atoms. The number of amides is 1. The number of para-hydroxylation sites is 1. The molecular weight excluding hydrogens is 409 g/mol. The summed E-state index contributed by atoms with van der Waals surface area (Å²) in [5, 5.41) is 2.70. The second-order valence-electron chi connectivity index (χ2n) is 6.48. The minimum atomic E-state index is -4.08. The van der Waals surface area contributed by atoms with Gasteiger partial charge in [0.05, 0.1) is 10.6 Å². The van der Waals surface area contributed by atoms with Crippen LogP contribution >= 0.6 is 0 Å². The molecule has 4 rings (SSSR count). The van der Waals surface area contributed by atoms with Gasteiger partial charge in [0.1, 0.15) is 11.3 Å². The highest BCUT2D eigenvalue weighted by atomic mass is 32.2. The topological polar surface area (TPSA) is 101 Å². The Kier molecular flexibility index (Phi) is 4.96. The minimum absolute atomic E-state index is 0.128. The first kappa shape index (κ1) is 19.6. The third-order valence-electron chi connectivity index (χ3n) is 4.28. The van der Waals surface area contributed by atoms with Crippen LogP contribution in [0.5, 0.6) is 0 Å². The van der Waals surface area contributed by atoms with Crippen LogP contribution in [-0.4, -0.2) is 19.3 Å². The number of aryl methyl sites for hydroxylation is 1. The van der Waals surface area contributed by atoms with Gasteiger partial charge in [-0.05, 0) is 48.5 Å². The van der Waals surface area contributed by atoms with Gasteiger partial charge in [-0.25, -0.2) is 17.8 Å². The molecule has 0 saturated heterocycles. The molecule has 1 heterocycles. The summed E-state index contributed by atoms with van der Waals surface area (Å²) in [5.74, 6) is -0.695. The van der Waals surface area contributed by atoms with Gasteiger partial charge in [-0.15, -0.1) is 0 Å². The van der Waals surface area contributed by atoms with Crippen LogP contribution in [0.1, 0.15) is 16.2 Å². The Morgan fingerprint density at radius 3 is 2.63 bits per heavy atom. The molecular formula is C21H16FN3O4S. The number of nitrogens with zero attached hydrogens (tertiary/aromatic N) is 1. The number of anilines is 2. The number of carbonyl (C=O) groups is 1. The van der Waals surface area contributed by atoms with E-state index in [2.05, 4.69) is 15.0 Å². The summed E-state index contributed by atoms with van der Waals surface area (Å²) in [6.45, 7) is 1.72. The Bertz CT molecular complexity index is 1370. The lowest BCUT2D eigenvalue weighted by molar-refractivity contribution is 0.102. The molecule has 30 heavy (non-hydrogen) atoms. The molecule has 0 radical (unpaired) electrons. The number of fused-ring (bicyclic) bond motifs is 1. The number of benzene rings is 3. The summed E-state index contributed by atoms with van der Waals surface area (Å²) >= 11 is 0. The average molecular weight is 425 g/mol. The zero-order valence-corrected chi connectivity index (χ0v) is 16.5. The molecule has 0 atom stereocenters. The van der Waals surface area contributed by atoms with Crippen LogP contribution in [0.4, 0.5) is 15.8 Å². The molecule has 4 aromatic rings. The monoisotopic (exact) mass is 425 g/mol. The molecule has 9 heteroatoms. The Morgan fingerprint density at radius 1 is 1.03 bits per heavy atom. The van der Waals surface area contributed by atoms with Crippen molar-refractivity contribution in [3.05, 3.63) is 84.0 Å². The van der Waals surface area contributed by atoms with Gasteiger partial charge in [0, 0.05) is 18.2 Å². The third-order valence-corrected chi connectivity index (χ3v) is 5.64. The van der Waals surface area contributed by atoms with Crippen molar-refractivity contribution in [2.75, 3.05) is 10.0 Å². The molecule has 0 fully saturated rings. The number of carbonyl (C=O) groups excluding carboxylic acids is 1. The minimum Gasteiger partial charge on any atom is -0.441 e. The summed E-state index contributed by atoms with van der Waals surface area (Å²) in [6, 6.07) is 15.9. The first-order chi connectivity index (χ1) is 14.3. The fourth-order valence-electron chi connectivity index (χ4n) is 2.88. The fraction of sp³-hybridized carbons (Fsp3) is 0.0476. The summed E-state index contributed by atoms with van der Waals surface area (Å²) in [7, 11) is -4.08. The standard InChI is InChI=1S/C21H16FN3O4S/c1-13-23-19-12-15(9-10-20(19)29-13)24-21(26)14-5-4-6-16(11-14)30(27,28)25-18-8-3-2-7-17(18)22/h2-12,25H,1H3,(H,24,26). The zero-order chi connectivity index (χ0) is 21.3. The van der Waals surface area contributed by atoms with E-state index in [1.807, 2.05) is 0 Å². The van der Waals surface area contributed by atoms with Gasteiger partial charge in [0.25, 0.3) is 15.9 Å². The quantitative estimate of drug-likeness (QED) is 0.496. The lowest BCUT2D eigenvalue weighted by Crippen LogP contribution is -2.16. The van der Waals surface area contributed by atoms with E-state index in [9.17, 15) is 17.6 Å². The van der Waals surface area contributed by atoms with Gasteiger partial charge in [0.2, 0.25) is 0 Å². The Morgan fingerprint density at radius 2 is 1.83 bits per heavy atom. The maximum absolute atomic E-state index is 13.8. The Balaban J connectivity index is 1.57. The SMILES string of the molecule is Cc1nc2cc(NC(=O)c3cccc(S(=O)(=O)Nc4ccccc4F)c3)ccc2o1. The summed E-state index contributed by atoms with van der Waals surface area (Å²) in [4.78, 5) is 16.7. The summed E-state index contributed by atoms with van der Waals surface area (Å²) in [5.41, 5.74) is 1.62. The third kappa shape index (κ3) is 4.01. The predicted octanol–water partition coefficient (Wildman–Crippen LogP) is 4.33. The van der Waals surface area contributed by atoms with Crippen molar-refractivity contribution in [3.63, 3.8) is 0 Å². The smallest absolute Gasteiger partial charge is 0.262 e. The van der Waals surface area contributed by atoms with E-state index in [0.29, 0.717) is 22.7 Å². The van der Waals surface area contributed by atoms with E-state index in [0.717, 1.165) is 6.07 Å². The molecule has 0 unspecified atom stereocenters. The average Bonchev–Trinajstić information content (AvgIpc) is 3.09. The summed E-state index contributed by atoms with van der Waals surface area (Å²) in [6.07, 6.45) is 0. The summed E-state index contributed by atoms with van der Waals surface area (Å²) < 4.78 is 46.6. The highest BCUT2D eigenvalue weighted by Gasteiger charge is 2.18. The number of aromatic nitrogens is 1. The van der Waals surface area contributed by atoms with E-state index in [4.69, 9.17) is 4.42 Å². The van der Waals surface area contributed by atoms with Crippen molar-refractivity contribution in [2.45, 2.75) is 11.8 Å². The van der Waals surface area contributed by atoms with Crippen molar-refractivity contribution in [2.24, 2.45) is 0 Å². The number of hydrogen-bond donors (Lipinski definition) is 2. The Hall–Kier alpha value is -3.72. The van der Waals surface area contributed by atoms with Gasteiger partial charge in [-0.3, -0.25) is 9.52 Å². The maximum atomic E-state index is 13.8. The molecule has 152 valence electrons. The number of sulfonamides is 1. The second kappa shape index (κ2) is 7.60.